The normalized spacial score (nSPS) is 18.5. The van der Waals surface area contributed by atoms with Gasteiger partial charge in [-0.1, -0.05) is 0 Å². The molecule has 1 heterocycles. The monoisotopic (exact) mass is 143 g/mol. The molecule has 0 bridgehead atoms. The minimum atomic E-state index is 0.754. The van der Waals surface area contributed by atoms with E-state index in [9.17, 15) is 0 Å². The number of ether oxygens (including phenoxy) is 1. The Morgan fingerprint density at radius 1 is 1.70 bits per heavy atom. The van der Waals surface area contributed by atoms with E-state index >= 15 is 0 Å². The molecule has 0 aliphatic carbocycles. The molecule has 0 fully saturated rings. The van der Waals surface area contributed by atoms with Crippen LogP contribution in [0, 0.1) is 0 Å². The predicted octanol–water partition coefficient (Wildman–Crippen LogP) is -0.0334. The van der Waals surface area contributed by atoms with Gasteiger partial charge in [0.1, 0.15) is 13.1 Å². The van der Waals surface area contributed by atoms with Crippen LogP contribution < -0.4 is 0 Å². The second-order valence-electron chi connectivity index (χ2n) is 2.56. The molecule has 0 atom stereocenters. The van der Waals surface area contributed by atoms with Gasteiger partial charge in [0.25, 0.3) is 0 Å². The molecule has 0 unspecified atom stereocenters. The molecule has 1 aliphatic rings. The van der Waals surface area contributed by atoms with Crippen molar-refractivity contribution >= 4 is 6.02 Å². The molecular formula is C7H15N2O+. The van der Waals surface area contributed by atoms with Crippen molar-refractivity contribution in [2.75, 3.05) is 33.8 Å². The van der Waals surface area contributed by atoms with Crippen LogP contribution in [0.15, 0.2) is 0 Å². The van der Waals surface area contributed by atoms with Crippen LogP contribution in [0.2, 0.25) is 0 Å². The molecule has 3 heteroatoms. The zero-order valence-corrected chi connectivity index (χ0v) is 6.92. The average Bonchev–Trinajstić information content (AvgIpc) is 2.20. The van der Waals surface area contributed by atoms with E-state index in [0.29, 0.717) is 0 Å². The van der Waals surface area contributed by atoms with Crippen LogP contribution >= 0.6 is 0 Å². The van der Waals surface area contributed by atoms with Crippen LogP contribution in [0.25, 0.3) is 0 Å². The first-order valence-electron chi connectivity index (χ1n) is 3.67. The van der Waals surface area contributed by atoms with Crippen molar-refractivity contribution in [3.05, 3.63) is 0 Å². The Morgan fingerprint density at radius 3 is 2.80 bits per heavy atom. The third-order valence-corrected chi connectivity index (χ3v) is 1.70. The Bertz CT molecular complexity index is 154. The summed E-state index contributed by atoms with van der Waals surface area (Å²) in [5, 5.41) is 0. The van der Waals surface area contributed by atoms with Gasteiger partial charge in [0.15, 0.2) is 0 Å². The van der Waals surface area contributed by atoms with Crippen LogP contribution in [-0.4, -0.2) is 49.3 Å². The van der Waals surface area contributed by atoms with Crippen LogP contribution in [0.1, 0.15) is 6.92 Å². The second kappa shape index (κ2) is 2.90. The van der Waals surface area contributed by atoms with Gasteiger partial charge in [0.2, 0.25) is 0 Å². The van der Waals surface area contributed by atoms with Crippen molar-refractivity contribution in [3.8, 4) is 0 Å². The molecule has 0 spiro atoms. The van der Waals surface area contributed by atoms with Gasteiger partial charge >= 0.3 is 6.02 Å². The molecule has 1 aliphatic heterocycles. The van der Waals surface area contributed by atoms with E-state index in [1.54, 1.807) is 0 Å². The van der Waals surface area contributed by atoms with Crippen LogP contribution in [0.5, 0.6) is 0 Å². The van der Waals surface area contributed by atoms with Crippen LogP contribution in [-0.2, 0) is 4.74 Å². The molecule has 0 aromatic carbocycles. The first kappa shape index (κ1) is 7.38. The smallest absolute Gasteiger partial charge is 0.432 e. The molecule has 0 saturated heterocycles. The van der Waals surface area contributed by atoms with Crippen LogP contribution in [0.4, 0.5) is 0 Å². The van der Waals surface area contributed by atoms with E-state index < -0.39 is 0 Å². The number of nitrogens with zero attached hydrogens (tertiary/aromatic N) is 2. The molecule has 58 valence electrons. The zero-order chi connectivity index (χ0) is 7.56. The van der Waals surface area contributed by atoms with Crippen molar-refractivity contribution in [2.24, 2.45) is 0 Å². The topological polar surface area (TPSA) is 15.5 Å². The van der Waals surface area contributed by atoms with Crippen molar-refractivity contribution in [1.29, 1.82) is 0 Å². The highest BCUT2D eigenvalue weighted by Gasteiger charge is 2.25. The molecule has 0 radical (unpaired) electrons. The van der Waals surface area contributed by atoms with E-state index in [-0.39, 0.29) is 0 Å². The van der Waals surface area contributed by atoms with Gasteiger partial charge in [-0.05, 0) is 6.92 Å². The van der Waals surface area contributed by atoms with E-state index in [0.717, 1.165) is 25.7 Å². The van der Waals surface area contributed by atoms with Gasteiger partial charge in [0, 0.05) is 0 Å². The number of hydrogen-bond acceptors (Lipinski definition) is 2. The molecule has 1 rings (SSSR count). The van der Waals surface area contributed by atoms with Gasteiger partial charge in [-0.3, -0.25) is 0 Å². The first-order valence-corrected chi connectivity index (χ1v) is 3.67. The molecule has 0 aromatic heterocycles. The summed E-state index contributed by atoms with van der Waals surface area (Å²) in [5.74, 6) is 0. The number of rotatable bonds is 1. The fourth-order valence-corrected chi connectivity index (χ4v) is 1.13. The maximum Gasteiger partial charge on any atom is 0.446 e. The molecule has 3 nitrogen and oxygen atoms in total. The summed E-state index contributed by atoms with van der Waals surface area (Å²) in [6.45, 7) is 4.91. The fraction of sp³-hybridized carbons (Fsp3) is 0.857. The maximum absolute atomic E-state index is 5.40. The van der Waals surface area contributed by atoms with Crippen molar-refractivity contribution < 1.29 is 9.31 Å². The van der Waals surface area contributed by atoms with E-state index in [1.165, 1.54) is 0 Å². The van der Waals surface area contributed by atoms with E-state index in [4.69, 9.17) is 4.74 Å². The zero-order valence-electron chi connectivity index (χ0n) is 6.92. The third-order valence-electron chi connectivity index (χ3n) is 1.70. The molecule has 0 saturated carbocycles. The summed E-state index contributed by atoms with van der Waals surface area (Å²) in [7, 11) is 4.10. The summed E-state index contributed by atoms with van der Waals surface area (Å²) in [6.07, 6.45) is 0. The standard InChI is InChI=1S/C7H15N2O/c1-4-10-7-8(2)5-6-9(7)3/h4-6H2,1-3H3/q+1. The Hall–Kier alpha value is -0.730. The summed E-state index contributed by atoms with van der Waals surface area (Å²) >= 11 is 0. The van der Waals surface area contributed by atoms with Gasteiger partial charge in [-0.25, -0.2) is 9.48 Å². The molecule has 0 amide bonds. The lowest BCUT2D eigenvalue weighted by Crippen LogP contribution is -2.27. The highest BCUT2D eigenvalue weighted by Crippen LogP contribution is 1.97. The Morgan fingerprint density at radius 2 is 2.40 bits per heavy atom. The lowest BCUT2D eigenvalue weighted by atomic mass is 10.6. The highest BCUT2D eigenvalue weighted by atomic mass is 16.5. The predicted molar refractivity (Wildman–Crippen MR) is 40.3 cm³/mol. The lowest BCUT2D eigenvalue weighted by Gasteiger charge is -2.05. The third kappa shape index (κ3) is 1.23. The molecular weight excluding hydrogens is 128 g/mol. The number of likely N-dealkylation sites (N-methyl/N-ethyl adjacent to an activating group) is 2. The molecule has 0 aromatic rings. The van der Waals surface area contributed by atoms with Crippen molar-refractivity contribution in [3.63, 3.8) is 0 Å². The van der Waals surface area contributed by atoms with Crippen LogP contribution in [0.3, 0.4) is 0 Å². The van der Waals surface area contributed by atoms with Crippen molar-refractivity contribution in [1.82, 2.24) is 4.90 Å². The minimum absolute atomic E-state index is 0.754. The molecule has 0 N–H and O–H groups in total. The molecule has 10 heavy (non-hydrogen) atoms. The van der Waals surface area contributed by atoms with E-state index in [2.05, 4.69) is 23.6 Å². The van der Waals surface area contributed by atoms with Gasteiger partial charge in [-0.15, -0.1) is 0 Å². The number of amidine groups is 1. The van der Waals surface area contributed by atoms with Gasteiger partial charge < -0.3 is 4.74 Å². The summed E-state index contributed by atoms with van der Waals surface area (Å²) in [4.78, 5) is 2.13. The van der Waals surface area contributed by atoms with E-state index in [1.807, 2.05) is 6.92 Å². The average molecular weight is 143 g/mol. The Balaban J connectivity index is 2.59. The quantitative estimate of drug-likeness (QED) is 0.479. The minimum Gasteiger partial charge on any atom is -0.432 e. The largest absolute Gasteiger partial charge is 0.446 e. The summed E-state index contributed by atoms with van der Waals surface area (Å²) in [6, 6.07) is 1.00. The SMILES string of the molecule is CCOC1=[N+](C)CCN1C. The van der Waals surface area contributed by atoms with Gasteiger partial charge in [0.05, 0.1) is 20.7 Å². The van der Waals surface area contributed by atoms with Gasteiger partial charge in [-0.2, -0.15) is 0 Å². The first-order chi connectivity index (χ1) is 4.75. The fourth-order valence-electron chi connectivity index (χ4n) is 1.13. The maximum atomic E-state index is 5.40. The summed E-state index contributed by atoms with van der Waals surface area (Å²) < 4.78 is 7.52. The Kier molecular flexibility index (Phi) is 2.14. The van der Waals surface area contributed by atoms with Crippen molar-refractivity contribution in [2.45, 2.75) is 6.92 Å². The second-order valence-corrected chi connectivity index (χ2v) is 2.56. The highest BCUT2D eigenvalue weighted by molar-refractivity contribution is 5.69. The Labute approximate surface area is 61.9 Å². The summed E-state index contributed by atoms with van der Waals surface area (Å²) in [5.41, 5.74) is 0. The number of hydrogen-bond donors (Lipinski definition) is 0. The lowest BCUT2D eigenvalue weighted by molar-refractivity contribution is -0.495.